The van der Waals surface area contributed by atoms with Crippen LogP contribution in [0.5, 0.6) is 0 Å². The van der Waals surface area contributed by atoms with E-state index < -0.39 is 5.41 Å². The summed E-state index contributed by atoms with van der Waals surface area (Å²) in [7, 11) is 0. The lowest BCUT2D eigenvalue weighted by atomic mass is 9.80. The lowest BCUT2D eigenvalue weighted by Crippen LogP contribution is -2.48. The van der Waals surface area contributed by atoms with Gasteiger partial charge in [-0.15, -0.1) is 0 Å². The molecule has 0 radical (unpaired) electrons. The first-order valence-electron chi connectivity index (χ1n) is 4.07. The minimum absolute atomic E-state index is 0.314. The van der Waals surface area contributed by atoms with Crippen LogP contribution in [0.15, 0.2) is 24.3 Å². The molecular formula is C10H9FO2. The second-order valence-electron chi connectivity index (χ2n) is 3.28. The van der Waals surface area contributed by atoms with E-state index in [4.69, 9.17) is 4.74 Å². The molecule has 0 amide bonds. The molecule has 1 aromatic rings. The topological polar surface area (TPSA) is 26.3 Å². The SMILES string of the molecule is O=CC1(c2cccc(F)c2)COC1. The molecule has 0 saturated carbocycles. The molecule has 0 unspecified atom stereocenters. The van der Waals surface area contributed by atoms with Gasteiger partial charge >= 0.3 is 0 Å². The Labute approximate surface area is 75.3 Å². The van der Waals surface area contributed by atoms with Gasteiger partial charge in [-0.3, -0.25) is 0 Å². The van der Waals surface area contributed by atoms with E-state index in [-0.39, 0.29) is 5.82 Å². The molecule has 13 heavy (non-hydrogen) atoms. The zero-order valence-corrected chi connectivity index (χ0v) is 7.00. The predicted molar refractivity (Wildman–Crippen MR) is 45.0 cm³/mol. The molecule has 0 aromatic heterocycles. The number of halogens is 1. The normalized spacial score (nSPS) is 19.2. The molecule has 0 N–H and O–H groups in total. The number of benzene rings is 1. The smallest absolute Gasteiger partial charge is 0.135 e. The maximum atomic E-state index is 12.8. The standard InChI is InChI=1S/C10H9FO2/c11-9-3-1-2-8(4-9)10(5-12)6-13-7-10/h1-5H,6-7H2. The maximum Gasteiger partial charge on any atom is 0.135 e. The van der Waals surface area contributed by atoms with Gasteiger partial charge in [0.25, 0.3) is 0 Å². The van der Waals surface area contributed by atoms with Crippen molar-refractivity contribution in [3.8, 4) is 0 Å². The van der Waals surface area contributed by atoms with Crippen LogP contribution in [0.3, 0.4) is 0 Å². The molecule has 2 nitrogen and oxygen atoms in total. The minimum Gasteiger partial charge on any atom is -0.379 e. The van der Waals surface area contributed by atoms with Crippen molar-refractivity contribution in [2.45, 2.75) is 5.41 Å². The molecule has 0 bridgehead atoms. The zero-order valence-electron chi connectivity index (χ0n) is 7.00. The molecule has 3 heteroatoms. The Balaban J connectivity index is 2.38. The molecule has 1 heterocycles. The Kier molecular flexibility index (Phi) is 1.88. The highest BCUT2D eigenvalue weighted by Gasteiger charge is 2.40. The number of hydrogen-bond donors (Lipinski definition) is 0. The number of rotatable bonds is 2. The van der Waals surface area contributed by atoms with Crippen LogP contribution in [0.25, 0.3) is 0 Å². The number of carbonyl (C=O) groups is 1. The molecule has 0 atom stereocenters. The van der Waals surface area contributed by atoms with Gasteiger partial charge in [0.1, 0.15) is 12.1 Å². The van der Waals surface area contributed by atoms with Gasteiger partial charge in [-0.05, 0) is 17.7 Å². The van der Waals surface area contributed by atoms with Crippen molar-refractivity contribution >= 4 is 6.29 Å². The first kappa shape index (κ1) is 8.38. The van der Waals surface area contributed by atoms with Crippen LogP contribution in [-0.4, -0.2) is 19.5 Å². The second kappa shape index (κ2) is 2.92. The van der Waals surface area contributed by atoms with Gasteiger partial charge in [0.05, 0.1) is 18.6 Å². The molecule has 1 aliphatic heterocycles. The third kappa shape index (κ3) is 1.25. The molecule has 1 aliphatic rings. The number of hydrogen-bond acceptors (Lipinski definition) is 2. The number of carbonyl (C=O) groups excluding carboxylic acids is 1. The van der Waals surface area contributed by atoms with Crippen molar-refractivity contribution < 1.29 is 13.9 Å². The Morgan fingerprint density at radius 2 is 2.23 bits per heavy atom. The molecular weight excluding hydrogens is 171 g/mol. The van der Waals surface area contributed by atoms with Gasteiger partial charge in [0.2, 0.25) is 0 Å². The van der Waals surface area contributed by atoms with Crippen LogP contribution >= 0.6 is 0 Å². The number of ether oxygens (including phenoxy) is 1. The van der Waals surface area contributed by atoms with Crippen LogP contribution in [0, 0.1) is 5.82 Å². The first-order chi connectivity index (χ1) is 6.27. The third-order valence-electron chi connectivity index (χ3n) is 2.34. The molecule has 0 aliphatic carbocycles. The van der Waals surface area contributed by atoms with E-state index in [1.54, 1.807) is 12.1 Å². The fourth-order valence-electron chi connectivity index (χ4n) is 1.42. The maximum absolute atomic E-state index is 12.8. The monoisotopic (exact) mass is 180 g/mol. The lowest BCUT2D eigenvalue weighted by Gasteiger charge is -2.36. The van der Waals surface area contributed by atoms with Crippen molar-refractivity contribution in [3.05, 3.63) is 35.6 Å². The summed E-state index contributed by atoms with van der Waals surface area (Å²) in [6.45, 7) is 0.722. The van der Waals surface area contributed by atoms with Gasteiger partial charge in [-0.2, -0.15) is 0 Å². The van der Waals surface area contributed by atoms with Crippen molar-refractivity contribution in [2.75, 3.05) is 13.2 Å². The second-order valence-corrected chi connectivity index (χ2v) is 3.28. The quantitative estimate of drug-likeness (QED) is 0.641. The zero-order chi connectivity index (χ0) is 9.31. The largest absolute Gasteiger partial charge is 0.379 e. The average Bonchev–Trinajstić information content (AvgIpc) is 2.03. The Hall–Kier alpha value is -1.22. The van der Waals surface area contributed by atoms with Crippen LogP contribution in [0.4, 0.5) is 4.39 Å². The minimum atomic E-state index is -0.595. The summed E-state index contributed by atoms with van der Waals surface area (Å²) in [6.07, 6.45) is 0.839. The molecule has 1 fully saturated rings. The van der Waals surface area contributed by atoms with E-state index >= 15 is 0 Å². The highest BCUT2D eigenvalue weighted by molar-refractivity contribution is 5.70. The highest BCUT2D eigenvalue weighted by Crippen LogP contribution is 2.30. The Morgan fingerprint density at radius 1 is 1.46 bits per heavy atom. The van der Waals surface area contributed by atoms with Crippen LogP contribution in [-0.2, 0) is 14.9 Å². The van der Waals surface area contributed by atoms with Gasteiger partial charge < -0.3 is 9.53 Å². The van der Waals surface area contributed by atoms with E-state index in [0.717, 1.165) is 6.29 Å². The Morgan fingerprint density at radius 3 is 2.69 bits per heavy atom. The highest BCUT2D eigenvalue weighted by atomic mass is 19.1. The summed E-state index contributed by atoms with van der Waals surface area (Å²) in [4.78, 5) is 10.8. The number of aldehydes is 1. The van der Waals surface area contributed by atoms with E-state index in [9.17, 15) is 9.18 Å². The van der Waals surface area contributed by atoms with Crippen LogP contribution in [0.1, 0.15) is 5.56 Å². The first-order valence-corrected chi connectivity index (χ1v) is 4.07. The molecule has 1 aromatic carbocycles. The fraction of sp³-hybridized carbons (Fsp3) is 0.300. The average molecular weight is 180 g/mol. The summed E-state index contributed by atoms with van der Waals surface area (Å²) in [5.41, 5.74) is 0.107. The Bertz CT molecular complexity index is 331. The van der Waals surface area contributed by atoms with Gasteiger partial charge in [-0.25, -0.2) is 4.39 Å². The van der Waals surface area contributed by atoms with Crippen LogP contribution < -0.4 is 0 Å². The van der Waals surface area contributed by atoms with Gasteiger partial charge in [-0.1, -0.05) is 12.1 Å². The van der Waals surface area contributed by atoms with E-state index in [2.05, 4.69) is 0 Å². The molecule has 68 valence electrons. The molecule has 1 saturated heterocycles. The van der Waals surface area contributed by atoms with Gasteiger partial charge in [0, 0.05) is 0 Å². The summed E-state index contributed by atoms with van der Waals surface area (Å²) in [5, 5.41) is 0. The lowest BCUT2D eigenvalue weighted by molar-refractivity contribution is -0.129. The predicted octanol–water partition coefficient (Wildman–Crippen LogP) is 1.29. The van der Waals surface area contributed by atoms with Crippen molar-refractivity contribution in [3.63, 3.8) is 0 Å². The molecule has 0 spiro atoms. The third-order valence-corrected chi connectivity index (χ3v) is 2.34. The van der Waals surface area contributed by atoms with Crippen molar-refractivity contribution in [1.82, 2.24) is 0 Å². The van der Waals surface area contributed by atoms with Crippen molar-refractivity contribution in [2.24, 2.45) is 0 Å². The van der Waals surface area contributed by atoms with Crippen LogP contribution in [0.2, 0.25) is 0 Å². The fourth-order valence-corrected chi connectivity index (χ4v) is 1.42. The van der Waals surface area contributed by atoms with E-state index in [0.29, 0.717) is 18.8 Å². The van der Waals surface area contributed by atoms with E-state index in [1.807, 2.05) is 0 Å². The van der Waals surface area contributed by atoms with Gasteiger partial charge in [0.15, 0.2) is 0 Å². The summed E-state index contributed by atoms with van der Waals surface area (Å²) >= 11 is 0. The molecule has 2 rings (SSSR count). The van der Waals surface area contributed by atoms with E-state index in [1.165, 1.54) is 12.1 Å². The van der Waals surface area contributed by atoms with Crippen molar-refractivity contribution in [1.29, 1.82) is 0 Å². The summed E-state index contributed by atoms with van der Waals surface area (Å²) < 4.78 is 17.8. The summed E-state index contributed by atoms with van der Waals surface area (Å²) in [5.74, 6) is -0.314. The summed E-state index contributed by atoms with van der Waals surface area (Å²) in [6, 6.07) is 6.10.